The van der Waals surface area contributed by atoms with Crippen LogP contribution in [0.15, 0.2) is 54.7 Å². The predicted octanol–water partition coefficient (Wildman–Crippen LogP) is 3.81. The van der Waals surface area contributed by atoms with Gasteiger partial charge >= 0.3 is 0 Å². The van der Waals surface area contributed by atoms with Gasteiger partial charge in [0.15, 0.2) is 0 Å². The Hall–Kier alpha value is -2.73. The molecular formula is C19H17FN2O2S. The summed E-state index contributed by atoms with van der Waals surface area (Å²) >= 11 is 1.54. The molecule has 0 spiro atoms. The molecule has 3 rings (SSSR count). The van der Waals surface area contributed by atoms with E-state index in [9.17, 15) is 9.18 Å². The van der Waals surface area contributed by atoms with E-state index in [1.165, 1.54) is 23.5 Å². The van der Waals surface area contributed by atoms with E-state index in [0.29, 0.717) is 24.3 Å². The van der Waals surface area contributed by atoms with Crippen LogP contribution in [0.4, 0.5) is 4.39 Å². The Morgan fingerprint density at radius 1 is 1.16 bits per heavy atom. The van der Waals surface area contributed by atoms with E-state index in [4.69, 9.17) is 4.74 Å². The highest BCUT2D eigenvalue weighted by Gasteiger charge is 2.08. The van der Waals surface area contributed by atoms with Gasteiger partial charge < -0.3 is 10.1 Å². The number of rotatable bonds is 6. The molecule has 0 aliphatic heterocycles. The first-order chi connectivity index (χ1) is 12.1. The van der Waals surface area contributed by atoms with Crippen molar-refractivity contribution >= 4 is 17.2 Å². The molecule has 0 saturated heterocycles. The highest BCUT2D eigenvalue weighted by atomic mass is 32.1. The van der Waals surface area contributed by atoms with Crippen molar-refractivity contribution in [3.8, 4) is 5.75 Å². The van der Waals surface area contributed by atoms with Gasteiger partial charge in [0.05, 0.1) is 13.7 Å². The summed E-state index contributed by atoms with van der Waals surface area (Å²) < 4.78 is 18.0. The molecule has 1 amide bonds. The fourth-order valence-corrected chi connectivity index (χ4v) is 3.21. The molecule has 25 heavy (non-hydrogen) atoms. The second-order valence-corrected chi connectivity index (χ2v) is 6.63. The molecule has 2 aromatic carbocycles. The van der Waals surface area contributed by atoms with E-state index < -0.39 is 0 Å². The van der Waals surface area contributed by atoms with Gasteiger partial charge in [0.2, 0.25) is 0 Å². The fourth-order valence-electron chi connectivity index (χ4n) is 2.32. The Morgan fingerprint density at radius 3 is 2.56 bits per heavy atom. The topological polar surface area (TPSA) is 51.2 Å². The molecule has 0 atom stereocenters. The molecule has 0 unspecified atom stereocenters. The van der Waals surface area contributed by atoms with E-state index in [2.05, 4.69) is 10.3 Å². The highest BCUT2D eigenvalue weighted by Crippen LogP contribution is 2.18. The smallest absolute Gasteiger partial charge is 0.251 e. The number of halogens is 1. The number of nitrogens with one attached hydrogen (secondary N) is 1. The highest BCUT2D eigenvalue weighted by molar-refractivity contribution is 7.11. The van der Waals surface area contributed by atoms with Crippen LogP contribution in [-0.4, -0.2) is 18.0 Å². The van der Waals surface area contributed by atoms with Crippen molar-refractivity contribution in [3.63, 3.8) is 0 Å². The minimum absolute atomic E-state index is 0.155. The molecule has 0 bridgehead atoms. The van der Waals surface area contributed by atoms with Crippen LogP contribution in [0.3, 0.4) is 0 Å². The number of carbonyl (C=O) groups excluding carboxylic acids is 1. The summed E-state index contributed by atoms with van der Waals surface area (Å²) in [5.41, 5.74) is 1.60. The molecule has 1 heterocycles. The Morgan fingerprint density at radius 2 is 1.88 bits per heavy atom. The Labute approximate surface area is 149 Å². The van der Waals surface area contributed by atoms with Gasteiger partial charge in [0, 0.05) is 23.1 Å². The Balaban J connectivity index is 1.55. The number of ether oxygens (including phenoxy) is 1. The number of aromatic nitrogens is 1. The number of thiazole rings is 1. The van der Waals surface area contributed by atoms with Crippen LogP contribution in [0.25, 0.3) is 0 Å². The van der Waals surface area contributed by atoms with E-state index in [1.807, 2.05) is 0 Å². The van der Waals surface area contributed by atoms with Crippen LogP contribution in [-0.2, 0) is 13.0 Å². The van der Waals surface area contributed by atoms with Crippen molar-refractivity contribution in [1.82, 2.24) is 10.3 Å². The van der Waals surface area contributed by atoms with Gasteiger partial charge in [-0.05, 0) is 42.0 Å². The molecule has 0 radical (unpaired) electrons. The number of benzene rings is 2. The number of methoxy groups -OCH3 is 1. The van der Waals surface area contributed by atoms with Crippen LogP contribution >= 0.6 is 11.3 Å². The van der Waals surface area contributed by atoms with Crippen LogP contribution in [0, 0.1) is 5.82 Å². The van der Waals surface area contributed by atoms with Crippen molar-refractivity contribution in [3.05, 3.63) is 81.6 Å². The average molecular weight is 356 g/mol. The van der Waals surface area contributed by atoms with Gasteiger partial charge in [-0.25, -0.2) is 9.37 Å². The van der Waals surface area contributed by atoms with Gasteiger partial charge in [0.1, 0.15) is 16.6 Å². The first-order valence-electron chi connectivity index (χ1n) is 7.74. The van der Waals surface area contributed by atoms with E-state index >= 15 is 0 Å². The summed E-state index contributed by atoms with van der Waals surface area (Å²) in [6.07, 6.45) is 2.49. The molecular weight excluding hydrogens is 339 g/mol. The Bertz CT molecular complexity index is 845. The maximum absolute atomic E-state index is 12.9. The van der Waals surface area contributed by atoms with E-state index in [0.717, 1.165) is 15.4 Å². The molecule has 0 saturated carbocycles. The van der Waals surface area contributed by atoms with Crippen molar-refractivity contribution in [2.45, 2.75) is 13.0 Å². The van der Waals surface area contributed by atoms with Crippen molar-refractivity contribution in [2.24, 2.45) is 0 Å². The summed E-state index contributed by atoms with van der Waals surface area (Å²) in [6.45, 7) is 0.374. The lowest BCUT2D eigenvalue weighted by Crippen LogP contribution is -2.22. The minimum atomic E-state index is -0.241. The molecule has 0 fully saturated rings. The predicted molar refractivity (Wildman–Crippen MR) is 95.5 cm³/mol. The van der Waals surface area contributed by atoms with Crippen molar-refractivity contribution < 1.29 is 13.9 Å². The Kier molecular flexibility index (Phi) is 5.40. The number of nitrogens with zero attached hydrogens (tertiary/aromatic N) is 1. The average Bonchev–Trinajstić information content (AvgIpc) is 3.09. The SMILES string of the molecule is COc1ccc(C(=O)NCc2ncc(Cc3ccc(F)cc3)s2)cc1. The summed E-state index contributed by atoms with van der Waals surface area (Å²) in [5.74, 6) is 0.315. The third-order valence-corrected chi connectivity index (χ3v) is 4.64. The summed E-state index contributed by atoms with van der Waals surface area (Å²) in [4.78, 5) is 17.5. The molecule has 0 aliphatic carbocycles. The lowest BCUT2D eigenvalue weighted by Gasteiger charge is -2.04. The first kappa shape index (κ1) is 17.1. The van der Waals surface area contributed by atoms with E-state index in [1.54, 1.807) is 49.7 Å². The number of carbonyl (C=O) groups is 1. The molecule has 4 nitrogen and oxygen atoms in total. The van der Waals surface area contributed by atoms with Crippen LogP contribution < -0.4 is 10.1 Å². The van der Waals surface area contributed by atoms with Gasteiger partial charge in [0.25, 0.3) is 5.91 Å². The lowest BCUT2D eigenvalue weighted by molar-refractivity contribution is 0.0951. The monoisotopic (exact) mass is 356 g/mol. The molecule has 128 valence electrons. The van der Waals surface area contributed by atoms with Crippen LogP contribution in [0.2, 0.25) is 0 Å². The first-order valence-corrected chi connectivity index (χ1v) is 8.56. The molecule has 3 aromatic rings. The molecule has 1 N–H and O–H groups in total. The van der Waals surface area contributed by atoms with Crippen molar-refractivity contribution in [1.29, 1.82) is 0 Å². The number of hydrogen-bond donors (Lipinski definition) is 1. The minimum Gasteiger partial charge on any atom is -0.497 e. The largest absolute Gasteiger partial charge is 0.497 e. The summed E-state index contributed by atoms with van der Waals surface area (Å²) in [5, 5.41) is 3.69. The summed E-state index contributed by atoms with van der Waals surface area (Å²) in [6, 6.07) is 13.4. The second kappa shape index (κ2) is 7.90. The number of hydrogen-bond acceptors (Lipinski definition) is 4. The van der Waals surface area contributed by atoms with Gasteiger partial charge in [-0.15, -0.1) is 11.3 Å². The lowest BCUT2D eigenvalue weighted by atomic mass is 10.1. The summed E-state index contributed by atoms with van der Waals surface area (Å²) in [7, 11) is 1.58. The van der Waals surface area contributed by atoms with E-state index in [-0.39, 0.29) is 11.7 Å². The standard InChI is InChI=1S/C19H17FN2O2S/c1-24-16-8-4-14(5-9-16)19(23)22-12-18-21-11-17(25-18)10-13-2-6-15(20)7-3-13/h2-9,11H,10,12H2,1H3,(H,22,23). The number of amides is 1. The van der Waals surface area contributed by atoms with Crippen LogP contribution in [0.5, 0.6) is 5.75 Å². The van der Waals surface area contributed by atoms with Gasteiger partial charge in [-0.1, -0.05) is 12.1 Å². The maximum atomic E-state index is 12.9. The second-order valence-electron chi connectivity index (χ2n) is 5.43. The van der Waals surface area contributed by atoms with Gasteiger partial charge in [-0.2, -0.15) is 0 Å². The molecule has 6 heteroatoms. The normalized spacial score (nSPS) is 10.5. The fraction of sp³-hybridized carbons (Fsp3) is 0.158. The molecule has 0 aliphatic rings. The zero-order valence-corrected chi connectivity index (χ0v) is 14.5. The maximum Gasteiger partial charge on any atom is 0.251 e. The zero-order chi connectivity index (χ0) is 17.6. The van der Waals surface area contributed by atoms with Gasteiger partial charge in [-0.3, -0.25) is 4.79 Å². The van der Waals surface area contributed by atoms with Crippen LogP contribution in [0.1, 0.15) is 25.8 Å². The third kappa shape index (κ3) is 4.64. The third-order valence-electron chi connectivity index (χ3n) is 3.65. The van der Waals surface area contributed by atoms with Crippen molar-refractivity contribution in [2.75, 3.05) is 7.11 Å². The quantitative estimate of drug-likeness (QED) is 0.731. The zero-order valence-electron chi connectivity index (χ0n) is 13.7. The molecule has 1 aromatic heterocycles.